The number of aromatic nitrogens is 1. The molecule has 0 aromatic carbocycles. The lowest BCUT2D eigenvalue weighted by atomic mass is 9.99. The highest BCUT2D eigenvalue weighted by Gasteiger charge is 2.34. The molecule has 1 aromatic rings. The van der Waals surface area contributed by atoms with Crippen LogP contribution in [0.2, 0.25) is 0 Å². The molecular weight excluding hydrogens is 342 g/mol. The number of carbonyl (C=O) groups is 1. The van der Waals surface area contributed by atoms with Gasteiger partial charge < -0.3 is 19.6 Å². The van der Waals surface area contributed by atoms with Crippen LogP contribution in [-0.4, -0.2) is 71.7 Å². The van der Waals surface area contributed by atoms with Gasteiger partial charge in [-0.1, -0.05) is 13.0 Å². The quantitative estimate of drug-likeness (QED) is 0.859. The molecule has 6 heteroatoms. The molecule has 1 aromatic heterocycles. The summed E-state index contributed by atoms with van der Waals surface area (Å²) < 4.78 is 6.23. The third-order valence-corrected chi connectivity index (χ3v) is 5.48. The Kier molecular flexibility index (Phi) is 6.17. The average molecular weight is 373 g/mol. The molecule has 2 heterocycles. The average Bonchev–Trinajstić information content (AvgIpc) is 3.18. The second-order valence-electron chi connectivity index (χ2n) is 8.08. The fourth-order valence-corrected chi connectivity index (χ4v) is 3.79. The molecule has 1 aliphatic carbocycles. The van der Waals surface area contributed by atoms with E-state index in [1.165, 1.54) is 5.57 Å². The van der Waals surface area contributed by atoms with Crippen molar-refractivity contribution >= 4 is 11.5 Å². The van der Waals surface area contributed by atoms with Crippen LogP contribution in [0.25, 0.3) is 5.57 Å². The van der Waals surface area contributed by atoms with Gasteiger partial charge in [-0.05, 0) is 57.5 Å². The molecule has 27 heavy (non-hydrogen) atoms. The highest BCUT2D eigenvalue weighted by molar-refractivity contribution is 5.97. The lowest BCUT2D eigenvalue weighted by molar-refractivity contribution is 0.0348. The van der Waals surface area contributed by atoms with E-state index in [-0.39, 0.29) is 30.6 Å². The zero-order chi connectivity index (χ0) is 19.6. The first-order valence-corrected chi connectivity index (χ1v) is 9.83. The van der Waals surface area contributed by atoms with Crippen molar-refractivity contribution in [3.05, 3.63) is 29.5 Å². The van der Waals surface area contributed by atoms with Gasteiger partial charge in [0.25, 0.3) is 5.91 Å². The predicted molar refractivity (Wildman–Crippen MR) is 106 cm³/mol. The molecule has 3 atom stereocenters. The second-order valence-corrected chi connectivity index (χ2v) is 8.08. The highest BCUT2D eigenvalue weighted by atomic mass is 16.5. The lowest BCUT2D eigenvalue weighted by Gasteiger charge is -2.37. The van der Waals surface area contributed by atoms with Crippen LogP contribution in [-0.2, 0) is 0 Å². The Balaban J connectivity index is 2.02. The van der Waals surface area contributed by atoms with E-state index in [4.69, 9.17) is 4.74 Å². The van der Waals surface area contributed by atoms with E-state index in [2.05, 4.69) is 22.9 Å². The maximum Gasteiger partial charge on any atom is 0.259 e. The summed E-state index contributed by atoms with van der Waals surface area (Å²) in [6.45, 7) is 5.19. The summed E-state index contributed by atoms with van der Waals surface area (Å²) in [6, 6.07) is 1.67. The van der Waals surface area contributed by atoms with Crippen LogP contribution < -0.4 is 4.74 Å². The number of carbonyl (C=O) groups excluding carboxylic acids is 1. The summed E-state index contributed by atoms with van der Waals surface area (Å²) in [4.78, 5) is 21.7. The molecule has 0 saturated carbocycles. The van der Waals surface area contributed by atoms with Crippen LogP contribution in [0.5, 0.6) is 5.88 Å². The van der Waals surface area contributed by atoms with Crippen molar-refractivity contribution in [2.75, 3.05) is 33.8 Å². The van der Waals surface area contributed by atoms with E-state index in [1.54, 1.807) is 4.90 Å². The number of hydrogen-bond acceptors (Lipinski definition) is 5. The summed E-state index contributed by atoms with van der Waals surface area (Å²) in [6.07, 6.45) is 7.21. The number of pyridine rings is 1. The Morgan fingerprint density at radius 2 is 2.22 bits per heavy atom. The summed E-state index contributed by atoms with van der Waals surface area (Å²) in [5.74, 6) is 0.406. The molecule has 0 spiro atoms. The van der Waals surface area contributed by atoms with Crippen LogP contribution in [0.4, 0.5) is 0 Å². The first-order chi connectivity index (χ1) is 12.9. The van der Waals surface area contributed by atoms with Crippen LogP contribution in [0, 0.1) is 5.92 Å². The topological polar surface area (TPSA) is 65.9 Å². The number of fused-ring (bicyclic) bond motifs is 1. The van der Waals surface area contributed by atoms with E-state index in [0.717, 1.165) is 31.4 Å². The molecule has 148 valence electrons. The van der Waals surface area contributed by atoms with Gasteiger partial charge in [0.15, 0.2) is 0 Å². The number of hydrogen-bond donors (Lipinski definition) is 1. The molecule has 0 radical (unpaired) electrons. The molecule has 1 aliphatic heterocycles. The minimum atomic E-state index is -0.250. The summed E-state index contributed by atoms with van der Waals surface area (Å²) >= 11 is 0. The second kappa shape index (κ2) is 8.40. The molecule has 2 aliphatic rings. The number of amides is 1. The number of likely N-dealkylation sites (N-methyl/N-ethyl adjacent to an activating group) is 1. The Bertz CT molecular complexity index is 717. The number of nitrogens with zero attached hydrogens (tertiary/aromatic N) is 3. The molecule has 1 N–H and O–H groups in total. The van der Waals surface area contributed by atoms with Gasteiger partial charge in [-0.25, -0.2) is 4.98 Å². The maximum atomic E-state index is 13.3. The van der Waals surface area contributed by atoms with Crippen molar-refractivity contribution in [1.82, 2.24) is 14.8 Å². The minimum absolute atomic E-state index is 0.0642. The van der Waals surface area contributed by atoms with Crippen molar-refractivity contribution in [2.45, 2.75) is 45.3 Å². The van der Waals surface area contributed by atoms with Gasteiger partial charge >= 0.3 is 0 Å². The van der Waals surface area contributed by atoms with Gasteiger partial charge in [0.05, 0.1) is 12.6 Å². The van der Waals surface area contributed by atoms with E-state index in [9.17, 15) is 9.90 Å². The van der Waals surface area contributed by atoms with Gasteiger partial charge in [-0.3, -0.25) is 4.79 Å². The van der Waals surface area contributed by atoms with Crippen molar-refractivity contribution < 1.29 is 14.6 Å². The first-order valence-electron chi connectivity index (χ1n) is 9.83. The standard InChI is InChI=1S/C21H31N3O3/c1-14-11-24(15(2)13-25)21(26)18-9-17(16-7-5-6-8-16)10-22-20(18)27-19(14)12-23(3)4/h7,9-10,14-15,19,25H,5-6,8,11-13H2,1-4H3/t14-,15-,19-/m0/s1. The molecule has 3 rings (SSSR count). The Morgan fingerprint density at radius 3 is 2.85 bits per heavy atom. The fourth-order valence-electron chi connectivity index (χ4n) is 3.79. The zero-order valence-corrected chi connectivity index (χ0v) is 16.8. The Morgan fingerprint density at radius 1 is 1.44 bits per heavy atom. The first kappa shape index (κ1) is 19.8. The van der Waals surface area contributed by atoms with Crippen LogP contribution in [0.1, 0.15) is 49.0 Å². The third-order valence-electron chi connectivity index (χ3n) is 5.48. The molecule has 1 amide bonds. The zero-order valence-electron chi connectivity index (χ0n) is 16.8. The number of allylic oxidation sites excluding steroid dienone is 2. The van der Waals surface area contributed by atoms with Crippen molar-refractivity contribution in [3.8, 4) is 5.88 Å². The molecular formula is C21H31N3O3. The van der Waals surface area contributed by atoms with Crippen LogP contribution in [0.3, 0.4) is 0 Å². The largest absolute Gasteiger partial charge is 0.472 e. The Labute approximate surface area is 161 Å². The van der Waals surface area contributed by atoms with E-state index in [0.29, 0.717) is 18.0 Å². The number of rotatable bonds is 5. The summed E-state index contributed by atoms with van der Waals surface area (Å²) in [5.41, 5.74) is 2.74. The van der Waals surface area contributed by atoms with Crippen molar-refractivity contribution in [3.63, 3.8) is 0 Å². The van der Waals surface area contributed by atoms with Crippen molar-refractivity contribution in [2.24, 2.45) is 5.92 Å². The smallest absolute Gasteiger partial charge is 0.259 e. The number of aliphatic hydroxyl groups excluding tert-OH is 1. The van der Waals surface area contributed by atoms with Crippen molar-refractivity contribution in [1.29, 1.82) is 0 Å². The lowest BCUT2D eigenvalue weighted by Crippen LogP contribution is -2.49. The van der Waals surface area contributed by atoms with E-state index in [1.807, 2.05) is 33.3 Å². The third kappa shape index (κ3) is 4.33. The van der Waals surface area contributed by atoms with Crippen LogP contribution >= 0.6 is 0 Å². The molecule has 0 bridgehead atoms. The van der Waals surface area contributed by atoms with E-state index < -0.39 is 0 Å². The van der Waals surface area contributed by atoms with Crippen LogP contribution in [0.15, 0.2) is 18.3 Å². The Hall–Kier alpha value is -1.92. The predicted octanol–water partition coefficient (Wildman–Crippen LogP) is 2.43. The molecule has 0 fully saturated rings. The monoisotopic (exact) mass is 373 g/mol. The molecule has 6 nitrogen and oxygen atoms in total. The normalized spacial score (nSPS) is 24.1. The summed E-state index contributed by atoms with van der Waals surface area (Å²) in [7, 11) is 4.02. The van der Waals surface area contributed by atoms with Gasteiger partial charge in [0, 0.05) is 25.2 Å². The minimum Gasteiger partial charge on any atom is -0.472 e. The highest BCUT2D eigenvalue weighted by Crippen LogP contribution is 2.32. The van der Waals surface area contributed by atoms with E-state index >= 15 is 0 Å². The van der Waals surface area contributed by atoms with Gasteiger partial charge in [0.1, 0.15) is 11.7 Å². The number of aliphatic hydroxyl groups is 1. The van der Waals surface area contributed by atoms with Gasteiger partial charge in [0.2, 0.25) is 5.88 Å². The maximum absolute atomic E-state index is 13.3. The molecule has 0 unspecified atom stereocenters. The SMILES string of the molecule is C[C@H]1CN([C@@H](C)CO)C(=O)c2cc(C3=CCCC3)cnc2O[C@H]1CN(C)C. The summed E-state index contributed by atoms with van der Waals surface area (Å²) in [5, 5.41) is 9.68. The van der Waals surface area contributed by atoms with Gasteiger partial charge in [-0.2, -0.15) is 0 Å². The fraction of sp³-hybridized carbons (Fsp3) is 0.619. The van der Waals surface area contributed by atoms with Gasteiger partial charge in [-0.15, -0.1) is 0 Å². The molecule has 0 saturated heterocycles. The number of ether oxygens (including phenoxy) is 1.